The monoisotopic (exact) mass is 337 g/mol. The maximum atomic E-state index is 12.3. The molecule has 5 nitrogen and oxygen atoms in total. The summed E-state index contributed by atoms with van der Waals surface area (Å²) >= 11 is 5.84. The van der Waals surface area contributed by atoms with E-state index in [4.69, 9.17) is 11.6 Å². The fraction of sp³-hybridized carbons (Fsp3) is 0.529. The summed E-state index contributed by atoms with van der Waals surface area (Å²) in [5.41, 5.74) is 0.731. The summed E-state index contributed by atoms with van der Waals surface area (Å²) < 4.78 is 0. The Kier molecular flexibility index (Phi) is 6.28. The topological polar surface area (TPSA) is 61.4 Å². The molecule has 0 unspecified atom stereocenters. The van der Waals surface area contributed by atoms with Crippen LogP contribution in [0.25, 0.3) is 0 Å². The maximum Gasteiger partial charge on any atom is 0.321 e. The van der Waals surface area contributed by atoms with Gasteiger partial charge in [-0.2, -0.15) is 0 Å². The first kappa shape index (κ1) is 17.6. The van der Waals surface area contributed by atoms with Gasteiger partial charge in [-0.1, -0.05) is 25.4 Å². The molecule has 1 aromatic carbocycles. The van der Waals surface area contributed by atoms with E-state index in [1.54, 1.807) is 24.3 Å². The van der Waals surface area contributed by atoms with Crippen molar-refractivity contribution in [3.05, 3.63) is 29.3 Å². The van der Waals surface area contributed by atoms with E-state index in [2.05, 4.69) is 10.6 Å². The number of halogens is 1. The minimum atomic E-state index is -0.104. The number of piperidine rings is 1. The average Bonchev–Trinajstić information content (AvgIpc) is 2.54. The van der Waals surface area contributed by atoms with Gasteiger partial charge in [-0.05, 0) is 43.0 Å². The van der Waals surface area contributed by atoms with Gasteiger partial charge in [0.15, 0.2) is 0 Å². The number of carbonyl (C=O) groups is 2. The van der Waals surface area contributed by atoms with Crippen LogP contribution in [0.3, 0.4) is 0 Å². The van der Waals surface area contributed by atoms with Gasteiger partial charge < -0.3 is 15.5 Å². The number of nitrogens with one attached hydrogen (secondary N) is 2. The van der Waals surface area contributed by atoms with E-state index in [0.717, 1.165) is 25.1 Å². The molecule has 2 N–H and O–H groups in total. The van der Waals surface area contributed by atoms with E-state index < -0.39 is 0 Å². The quantitative estimate of drug-likeness (QED) is 0.885. The molecular formula is C17H24ClN3O2. The summed E-state index contributed by atoms with van der Waals surface area (Å²) in [6.07, 6.45) is 1.99. The molecule has 0 bridgehead atoms. The van der Waals surface area contributed by atoms with Crippen LogP contribution in [-0.4, -0.2) is 36.5 Å². The van der Waals surface area contributed by atoms with Crippen LogP contribution in [0.1, 0.15) is 26.7 Å². The number of benzene rings is 1. The van der Waals surface area contributed by atoms with Gasteiger partial charge in [-0.3, -0.25) is 4.79 Å². The number of hydrogen-bond acceptors (Lipinski definition) is 2. The lowest BCUT2D eigenvalue weighted by molar-refractivity contribution is -0.124. The van der Waals surface area contributed by atoms with Gasteiger partial charge in [0.05, 0.1) is 0 Å². The lowest BCUT2D eigenvalue weighted by Crippen LogP contribution is -2.45. The molecule has 0 aliphatic carbocycles. The van der Waals surface area contributed by atoms with E-state index in [-0.39, 0.29) is 17.9 Å². The Bertz CT molecular complexity index is 545. The number of rotatable bonds is 4. The molecule has 1 aliphatic heterocycles. The fourth-order valence-electron chi connectivity index (χ4n) is 2.60. The number of carbonyl (C=O) groups excluding carboxylic acids is 2. The van der Waals surface area contributed by atoms with Crippen LogP contribution in [0.4, 0.5) is 10.5 Å². The molecule has 6 heteroatoms. The third-order valence-corrected chi connectivity index (χ3v) is 4.24. The molecule has 126 valence electrons. The van der Waals surface area contributed by atoms with E-state index in [0.29, 0.717) is 24.0 Å². The van der Waals surface area contributed by atoms with Crippen molar-refractivity contribution in [2.24, 2.45) is 11.8 Å². The first-order valence-electron chi connectivity index (χ1n) is 8.05. The molecule has 1 atom stereocenters. The molecule has 1 saturated heterocycles. The van der Waals surface area contributed by atoms with Crippen molar-refractivity contribution in [2.75, 3.05) is 25.0 Å². The molecule has 0 spiro atoms. The van der Waals surface area contributed by atoms with Crippen LogP contribution >= 0.6 is 11.6 Å². The summed E-state index contributed by atoms with van der Waals surface area (Å²) in [6.45, 7) is 5.79. The molecular weight excluding hydrogens is 314 g/mol. The van der Waals surface area contributed by atoms with Crippen molar-refractivity contribution < 1.29 is 9.59 Å². The SMILES string of the molecule is CC(C)C(=O)NC[C@@H]1CCCN(C(=O)Nc2ccc(Cl)cc2)C1. The number of amides is 3. The minimum absolute atomic E-state index is 0.0112. The average molecular weight is 338 g/mol. The minimum Gasteiger partial charge on any atom is -0.356 e. The summed E-state index contributed by atoms with van der Waals surface area (Å²) in [6, 6.07) is 6.96. The zero-order chi connectivity index (χ0) is 16.8. The molecule has 3 amide bonds. The van der Waals surface area contributed by atoms with Crippen LogP contribution in [0.5, 0.6) is 0 Å². The van der Waals surface area contributed by atoms with Crippen molar-refractivity contribution in [2.45, 2.75) is 26.7 Å². The highest BCUT2D eigenvalue weighted by molar-refractivity contribution is 6.30. The van der Waals surface area contributed by atoms with Crippen molar-refractivity contribution in [1.29, 1.82) is 0 Å². The van der Waals surface area contributed by atoms with Crippen LogP contribution in [-0.2, 0) is 4.79 Å². The Morgan fingerprint density at radius 3 is 2.65 bits per heavy atom. The van der Waals surface area contributed by atoms with Gasteiger partial charge in [0.2, 0.25) is 5.91 Å². The third-order valence-electron chi connectivity index (χ3n) is 3.99. The molecule has 0 radical (unpaired) electrons. The van der Waals surface area contributed by atoms with Gasteiger partial charge in [0.1, 0.15) is 0 Å². The van der Waals surface area contributed by atoms with Crippen LogP contribution in [0, 0.1) is 11.8 Å². The van der Waals surface area contributed by atoms with E-state index in [1.165, 1.54) is 0 Å². The van der Waals surface area contributed by atoms with Gasteiger partial charge in [-0.25, -0.2) is 4.79 Å². The Balaban J connectivity index is 1.83. The maximum absolute atomic E-state index is 12.3. The number of urea groups is 1. The zero-order valence-corrected chi connectivity index (χ0v) is 14.4. The van der Waals surface area contributed by atoms with E-state index >= 15 is 0 Å². The Labute approximate surface area is 142 Å². The van der Waals surface area contributed by atoms with Gasteiger partial charge in [-0.15, -0.1) is 0 Å². The molecule has 0 aromatic heterocycles. The Hall–Kier alpha value is -1.75. The molecule has 1 aromatic rings. The van der Waals surface area contributed by atoms with Gasteiger partial charge >= 0.3 is 6.03 Å². The Morgan fingerprint density at radius 1 is 1.30 bits per heavy atom. The second-order valence-corrected chi connectivity index (χ2v) is 6.73. The molecule has 1 fully saturated rings. The largest absolute Gasteiger partial charge is 0.356 e. The molecule has 1 aliphatic rings. The predicted molar refractivity (Wildman–Crippen MR) is 92.6 cm³/mol. The number of likely N-dealkylation sites (tertiary alicyclic amines) is 1. The number of anilines is 1. The van der Waals surface area contributed by atoms with Crippen molar-refractivity contribution >= 4 is 29.2 Å². The van der Waals surface area contributed by atoms with E-state index in [9.17, 15) is 9.59 Å². The van der Waals surface area contributed by atoms with Crippen molar-refractivity contribution in [1.82, 2.24) is 10.2 Å². The summed E-state index contributed by atoms with van der Waals surface area (Å²) in [7, 11) is 0. The van der Waals surface area contributed by atoms with Gasteiger partial charge in [0.25, 0.3) is 0 Å². The third kappa shape index (κ3) is 5.43. The smallest absolute Gasteiger partial charge is 0.321 e. The normalized spacial score (nSPS) is 17.9. The highest BCUT2D eigenvalue weighted by Gasteiger charge is 2.24. The van der Waals surface area contributed by atoms with Crippen LogP contribution < -0.4 is 10.6 Å². The summed E-state index contributed by atoms with van der Waals surface area (Å²) in [5.74, 6) is 0.359. The number of hydrogen-bond donors (Lipinski definition) is 2. The zero-order valence-electron chi connectivity index (χ0n) is 13.6. The first-order valence-corrected chi connectivity index (χ1v) is 8.42. The fourth-order valence-corrected chi connectivity index (χ4v) is 2.73. The first-order chi connectivity index (χ1) is 11.0. The summed E-state index contributed by atoms with van der Waals surface area (Å²) in [4.78, 5) is 25.8. The second kappa shape index (κ2) is 8.20. The second-order valence-electron chi connectivity index (χ2n) is 6.29. The highest BCUT2D eigenvalue weighted by atomic mass is 35.5. The highest BCUT2D eigenvalue weighted by Crippen LogP contribution is 2.18. The number of nitrogens with zero attached hydrogens (tertiary/aromatic N) is 1. The Morgan fingerprint density at radius 2 is 2.00 bits per heavy atom. The molecule has 23 heavy (non-hydrogen) atoms. The van der Waals surface area contributed by atoms with Crippen LogP contribution in [0.15, 0.2) is 24.3 Å². The van der Waals surface area contributed by atoms with Crippen molar-refractivity contribution in [3.63, 3.8) is 0 Å². The van der Waals surface area contributed by atoms with Crippen molar-refractivity contribution in [3.8, 4) is 0 Å². The van der Waals surface area contributed by atoms with Gasteiger partial charge in [0, 0.05) is 36.3 Å². The lowest BCUT2D eigenvalue weighted by atomic mass is 9.98. The standard InChI is InChI=1S/C17H24ClN3O2/c1-12(2)16(22)19-10-13-4-3-9-21(11-13)17(23)20-15-7-5-14(18)6-8-15/h5-8,12-13H,3-4,9-11H2,1-2H3,(H,19,22)(H,20,23)/t13-/m0/s1. The van der Waals surface area contributed by atoms with Crippen LogP contribution in [0.2, 0.25) is 5.02 Å². The molecule has 0 saturated carbocycles. The lowest BCUT2D eigenvalue weighted by Gasteiger charge is -2.33. The predicted octanol–water partition coefficient (Wildman–Crippen LogP) is 3.36. The van der Waals surface area contributed by atoms with E-state index in [1.807, 2.05) is 18.7 Å². The molecule has 1 heterocycles. The molecule has 2 rings (SSSR count). The summed E-state index contributed by atoms with van der Waals surface area (Å²) in [5, 5.41) is 6.48.